The van der Waals surface area contributed by atoms with E-state index in [1.54, 1.807) is 42.2 Å². The largest absolute Gasteiger partial charge is 0.462 e. The van der Waals surface area contributed by atoms with E-state index in [-0.39, 0.29) is 34.6 Å². The molecule has 2 fully saturated rings. The normalized spacial score (nSPS) is 16.6. The average molecular weight is 580 g/mol. The van der Waals surface area contributed by atoms with E-state index in [1.807, 2.05) is 30.3 Å². The summed E-state index contributed by atoms with van der Waals surface area (Å²) in [5, 5.41) is -0.244. The number of nitrogens with zero attached hydrogens (tertiary/aromatic N) is 3. The molecule has 0 bridgehead atoms. The second kappa shape index (κ2) is 12.0. The molecule has 2 aliphatic rings. The number of anilines is 1. The Bertz CT molecular complexity index is 1480. The van der Waals surface area contributed by atoms with Crippen LogP contribution in [0.2, 0.25) is 5.02 Å². The summed E-state index contributed by atoms with van der Waals surface area (Å²) in [6.45, 7) is 3.99. The van der Waals surface area contributed by atoms with Crippen LogP contribution >= 0.6 is 23.4 Å². The first-order valence-electron chi connectivity index (χ1n) is 12.7. The zero-order valence-electron chi connectivity index (χ0n) is 21.7. The number of para-hydroxylation sites is 1. The number of halogens is 1. The third-order valence-electron chi connectivity index (χ3n) is 6.57. The fraction of sp³-hybridized carbons (Fsp3) is 0.241. The third kappa shape index (κ3) is 5.93. The SMILES string of the molecule is CCOC(=O)c1cc(-c2ccc(/C=C3/SC(=O)N(CC(=O)N4CCN(c5ccccc5)CC4)C3=O)o2)ccc1Cl. The highest BCUT2D eigenvalue weighted by Crippen LogP contribution is 2.34. The van der Waals surface area contributed by atoms with Crippen molar-refractivity contribution in [3.8, 4) is 11.3 Å². The Balaban J connectivity index is 1.22. The Morgan fingerprint density at radius 2 is 1.77 bits per heavy atom. The lowest BCUT2D eigenvalue weighted by molar-refractivity contribution is -0.136. The molecule has 11 heteroatoms. The number of furan rings is 1. The molecular formula is C29H26ClN3O6S. The van der Waals surface area contributed by atoms with Crippen LogP contribution in [-0.2, 0) is 14.3 Å². The van der Waals surface area contributed by atoms with Gasteiger partial charge in [0.05, 0.1) is 22.1 Å². The lowest BCUT2D eigenvalue weighted by Gasteiger charge is -2.36. The Morgan fingerprint density at radius 3 is 2.50 bits per heavy atom. The molecule has 0 aliphatic carbocycles. The number of amides is 3. The van der Waals surface area contributed by atoms with Gasteiger partial charge in [-0.25, -0.2) is 4.79 Å². The Labute approximate surface area is 240 Å². The van der Waals surface area contributed by atoms with Crippen LogP contribution in [0.5, 0.6) is 0 Å². The molecule has 0 saturated carbocycles. The van der Waals surface area contributed by atoms with Gasteiger partial charge >= 0.3 is 5.97 Å². The molecule has 0 atom stereocenters. The minimum absolute atomic E-state index is 0.163. The number of imide groups is 1. The summed E-state index contributed by atoms with van der Waals surface area (Å²) in [6.07, 6.45) is 1.47. The van der Waals surface area contributed by atoms with Crippen molar-refractivity contribution in [3.05, 3.63) is 81.9 Å². The van der Waals surface area contributed by atoms with E-state index in [1.165, 1.54) is 6.08 Å². The van der Waals surface area contributed by atoms with E-state index < -0.39 is 17.1 Å². The van der Waals surface area contributed by atoms with Crippen molar-refractivity contribution in [2.75, 3.05) is 44.2 Å². The number of benzene rings is 2. The highest BCUT2D eigenvalue weighted by molar-refractivity contribution is 8.18. The summed E-state index contributed by atoms with van der Waals surface area (Å²) in [5.74, 6) is -0.562. The molecule has 5 rings (SSSR count). The molecule has 1 aromatic heterocycles. The zero-order chi connectivity index (χ0) is 28.2. The zero-order valence-corrected chi connectivity index (χ0v) is 23.2. The standard InChI is InChI=1S/C29H26ClN3O6S/c1-2-38-28(36)22-16-19(8-10-23(22)30)24-11-9-21(39-24)17-25-27(35)33(29(37)40-25)18-26(34)32-14-12-31(13-15-32)20-6-4-3-5-7-20/h3-11,16-17H,2,12-15,18H2,1H3/b25-17+. The highest BCUT2D eigenvalue weighted by atomic mass is 35.5. The molecule has 0 radical (unpaired) electrons. The van der Waals surface area contributed by atoms with Crippen LogP contribution in [0.25, 0.3) is 17.4 Å². The molecule has 0 N–H and O–H groups in total. The lowest BCUT2D eigenvalue weighted by atomic mass is 10.1. The van der Waals surface area contributed by atoms with Gasteiger partial charge in [-0.3, -0.25) is 19.3 Å². The smallest absolute Gasteiger partial charge is 0.339 e. The number of thioether (sulfide) groups is 1. The second-order valence-electron chi connectivity index (χ2n) is 9.09. The second-order valence-corrected chi connectivity index (χ2v) is 10.5. The van der Waals surface area contributed by atoms with Gasteiger partial charge in [0.1, 0.15) is 18.1 Å². The van der Waals surface area contributed by atoms with Crippen LogP contribution in [0.4, 0.5) is 10.5 Å². The van der Waals surface area contributed by atoms with Crippen molar-refractivity contribution >= 4 is 58.1 Å². The average Bonchev–Trinajstić information content (AvgIpc) is 3.54. The number of piperazine rings is 1. The first-order chi connectivity index (χ1) is 19.3. The van der Waals surface area contributed by atoms with Crippen molar-refractivity contribution in [3.63, 3.8) is 0 Å². The van der Waals surface area contributed by atoms with Crippen molar-refractivity contribution in [1.82, 2.24) is 9.80 Å². The molecule has 40 heavy (non-hydrogen) atoms. The van der Waals surface area contributed by atoms with Gasteiger partial charge in [0, 0.05) is 43.5 Å². The summed E-state index contributed by atoms with van der Waals surface area (Å²) in [5.41, 5.74) is 1.91. The van der Waals surface area contributed by atoms with Gasteiger partial charge in [0.25, 0.3) is 11.1 Å². The number of hydrogen-bond acceptors (Lipinski definition) is 8. The molecule has 206 valence electrons. The number of rotatable bonds is 7. The molecule has 9 nitrogen and oxygen atoms in total. The van der Waals surface area contributed by atoms with Crippen molar-refractivity contribution < 1.29 is 28.3 Å². The van der Waals surface area contributed by atoms with E-state index in [0.717, 1.165) is 22.3 Å². The summed E-state index contributed by atoms with van der Waals surface area (Å²) < 4.78 is 10.9. The molecular weight excluding hydrogens is 554 g/mol. The van der Waals surface area contributed by atoms with Crippen LogP contribution in [0.15, 0.2) is 70.0 Å². The summed E-state index contributed by atoms with van der Waals surface area (Å²) in [4.78, 5) is 55.7. The van der Waals surface area contributed by atoms with Gasteiger partial charge in [-0.15, -0.1) is 0 Å². The topological polar surface area (TPSA) is 100 Å². The van der Waals surface area contributed by atoms with Crippen LogP contribution in [0.1, 0.15) is 23.0 Å². The molecule has 2 aromatic carbocycles. The van der Waals surface area contributed by atoms with Crippen molar-refractivity contribution in [2.24, 2.45) is 0 Å². The first kappa shape index (κ1) is 27.5. The fourth-order valence-corrected chi connectivity index (χ4v) is 5.50. The van der Waals surface area contributed by atoms with Gasteiger partial charge in [-0.2, -0.15) is 0 Å². The monoisotopic (exact) mass is 579 g/mol. The molecule has 0 spiro atoms. The highest BCUT2D eigenvalue weighted by Gasteiger charge is 2.37. The van der Waals surface area contributed by atoms with Crippen molar-refractivity contribution in [1.29, 1.82) is 0 Å². The summed E-state index contributed by atoms with van der Waals surface area (Å²) in [6, 6.07) is 18.2. The lowest BCUT2D eigenvalue weighted by Crippen LogP contribution is -2.51. The van der Waals surface area contributed by atoms with E-state index in [4.69, 9.17) is 20.8 Å². The minimum Gasteiger partial charge on any atom is -0.462 e. The fourth-order valence-electron chi connectivity index (χ4n) is 4.48. The Morgan fingerprint density at radius 1 is 1.02 bits per heavy atom. The molecule has 2 saturated heterocycles. The van der Waals surface area contributed by atoms with E-state index in [2.05, 4.69) is 4.90 Å². The van der Waals surface area contributed by atoms with E-state index >= 15 is 0 Å². The van der Waals surface area contributed by atoms with Gasteiger partial charge in [-0.1, -0.05) is 29.8 Å². The van der Waals surface area contributed by atoms with Crippen LogP contribution in [-0.4, -0.2) is 72.2 Å². The molecule has 0 unspecified atom stereocenters. The quantitative estimate of drug-likeness (QED) is 0.279. The minimum atomic E-state index is -0.541. The number of carbonyl (C=O) groups excluding carboxylic acids is 4. The van der Waals surface area contributed by atoms with E-state index in [0.29, 0.717) is 43.3 Å². The maximum Gasteiger partial charge on any atom is 0.339 e. The van der Waals surface area contributed by atoms with Crippen LogP contribution < -0.4 is 4.90 Å². The number of ether oxygens (including phenoxy) is 1. The molecule has 3 amide bonds. The molecule has 3 aromatic rings. The predicted molar refractivity (Wildman–Crippen MR) is 153 cm³/mol. The van der Waals surface area contributed by atoms with Crippen LogP contribution in [0, 0.1) is 0 Å². The maximum atomic E-state index is 13.0. The number of esters is 1. The summed E-state index contributed by atoms with van der Waals surface area (Å²) >= 11 is 6.91. The molecule has 2 aliphatic heterocycles. The van der Waals surface area contributed by atoms with Gasteiger partial charge in [-0.05, 0) is 61.2 Å². The van der Waals surface area contributed by atoms with E-state index in [9.17, 15) is 19.2 Å². The van der Waals surface area contributed by atoms with Gasteiger partial charge in [0.15, 0.2) is 0 Å². The third-order valence-corrected chi connectivity index (χ3v) is 7.80. The van der Waals surface area contributed by atoms with Gasteiger partial charge in [0.2, 0.25) is 5.91 Å². The predicted octanol–water partition coefficient (Wildman–Crippen LogP) is 5.16. The van der Waals surface area contributed by atoms with Crippen molar-refractivity contribution in [2.45, 2.75) is 6.92 Å². The first-order valence-corrected chi connectivity index (χ1v) is 13.9. The Kier molecular flexibility index (Phi) is 8.27. The number of hydrogen-bond donors (Lipinski definition) is 0. The van der Waals surface area contributed by atoms with Gasteiger partial charge < -0.3 is 19.0 Å². The number of carbonyl (C=O) groups is 4. The Hall–Kier alpha value is -4.02. The maximum absolute atomic E-state index is 13.0. The summed E-state index contributed by atoms with van der Waals surface area (Å²) in [7, 11) is 0. The van der Waals surface area contributed by atoms with Crippen LogP contribution in [0.3, 0.4) is 0 Å². The molecule has 3 heterocycles.